The highest BCUT2D eigenvalue weighted by atomic mass is 35.5. The number of carbonyl (C=O) groups excluding carboxylic acids is 9. The molecular formula is C76H118ClF2N13O18. The predicted octanol–water partition coefficient (Wildman–Crippen LogP) is 1.07. The molecule has 8 amide bonds. The number of urea groups is 1. The van der Waals surface area contributed by atoms with Crippen LogP contribution in [-0.2, 0) is 91.0 Å². The Labute approximate surface area is 649 Å². The molecule has 3 saturated carbocycles. The molecule has 1 aliphatic heterocycles. The number of halogens is 3. The van der Waals surface area contributed by atoms with Gasteiger partial charge in [-0.25, -0.2) is 23.1 Å². The van der Waals surface area contributed by atoms with Gasteiger partial charge in [0.05, 0.1) is 124 Å². The van der Waals surface area contributed by atoms with Crippen LogP contribution < -0.4 is 61.1 Å². The molecule has 4 fully saturated rings. The van der Waals surface area contributed by atoms with Gasteiger partial charge >= 0.3 is 12.1 Å². The number of unbranched alkanes of at least 4 members (excludes halogenated alkanes) is 1. The van der Waals surface area contributed by atoms with Gasteiger partial charge in [0, 0.05) is 41.9 Å². The van der Waals surface area contributed by atoms with E-state index in [9.17, 15) is 48.3 Å². The zero-order valence-electron chi connectivity index (χ0n) is 65.0. The third-order valence-electron chi connectivity index (χ3n) is 21.9. The molecule has 2 aromatic rings. The maximum atomic E-state index is 18.0. The van der Waals surface area contributed by atoms with Crippen LogP contribution in [0, 0.1) is 28.6 Å². The zero-order chi connectivity index (χ0) is 79.1. The number of allylic oxidation sites excluding steroid dienone is 4. The molecule has 0 radical (unpaired) electrons. The number of carbonyl (C=O) groups is 9. The van der Waals surface area contributed by atoms with Crippen LogP contribution in [0.2, 0.25) is 0 Å². The average Bonchev–Trinajstić information content (AvgIpc) is 1.45. The molecule has 616 valence electrons. The third kappa shape index (κ3) is 23.5. The Kier molecular flexibility index (Phi) is 34.4. The predicted molar refractivity (Wildman–Crippen MR) is 395 cm³/mol. The van der Waals surface area contributed by atoms with Crippen molar-refractivity contribution in [3.63, 3.8) is 0 Å². The number of anilines is 1. The van der Waals surface area contributed by atoms with Crippen molar-refractivity contribution in [2.45, 2.75) is 211 Å². The monoisotopic (exact) mass is 1570 g/mol. The van der Waals surface area contributed by atoms with Crippen molar-refractivity contribution in [2.24, 2.45) is 40.1 Å². The highest BCUT2D eigenvalue weighted by Gasteiger charge is 2.80. The van der Waals surface area contributed by atoms with Gasteiger partial charge in [-0.15, -0.1) is 5.10 Å². The second kappa shape index (κ2) is 42.1. The lowest BCUT2D eigenvalue weighted by atomic mass is 9.44. The van der Waals surface area contributed by atoms with Crippen LogP contribution in [0.3, 0.4) is 0 Å². The number of alkyl halides is 2. The van der Waals surface area contributed by atoms with E-state index in [0.29, 0.717) is 128 Å². The van der Waals surface area contributed by atoms with Gasteiger partial charge in [0.2, 0.25) is 29.5 Å². The number of nitrogens with two attached hydrogens (primary N) is 2. The lowest BCUT2D eigenvalue weighted by molar-refractivity contribution is -0.869. The summed E-state index contributed by atoms with van der Waals surface area (Å²) >= 11 is 0. The summed E-state index contributed by atoms with van der Waals surface area (Å²) in [4.78, 5) is 118. The molecule has 1 aromatic carbocycles. The van der Waals surface area contributed by atoms with Gasteiger partial charge in [0.25, 0.3) is 0 Å². The number of hydrogen-bond acceptors (Lipinski definition) is 21. The smallest absolute Gasteiger partial charge is 0.407 e. The molecule has 0 bridgehead atoms. The number of hydrogen-bond donors (Lipinski definition) is 10. The summed E-state index contributed by atoms with van der Waals surface area (Å²) in [6.45, 7) is 13.0. The molecule has 2 heterocycles. The lowest BCUT2D eigenvalue weighted by Gasteiger charge is -2.63. The Morgan fingerprint density at radius 2 is 1.49 bits per heavy atom. The second-order valence-corrected chi connectivity index (χ2v) is 31.1. The Morgan fingerprint density at radius 1 is 0.809 bits per heavy atom. The van der Waals surface area contributed by atoms with Gasteiger partial charge in [0.1, 0.15) is 43.3 Å². The van der Waals surface area contributed by atoms with E-state index in [1.54, 1.807) is 45.0 Å². The van der Waals surface area contributed by atoms with Gasteiger partial charge in [-0.1, -0.05) is 70.4 Å². The van der Waals surface area contributed by atoms with E-state index >= 15 is 8.78 Å². The van der Waals surface area contributed by atoms with E-state index in [1.165, 1.54) is 19.1 Å². The van der Waals surface area contributed by atoms with Crippen molar-refractivity contribution in [1.29, 1.82) is 0 Å². The minimum atomic E-state index is -2.39. The first-order valence-corrected chi connectivity index (χ1v) is 38.7. The average molecular weight is 1580 g/mol. The Morgan fingerprint density at radius 3 is 2.17 bits per heavy atom. The zero-order valence-corrected chi connectivity index (χ0v) is 65.7. The van der Waals surface area contributed by atoms with Crippen LogP contribution in [0.1, 0.15) is 154 Å². The number of aliphatic hydroxyl groups excluding tert-OH is 1. The standard InChI is InChI=1S/C76H117F2N13O18.ClH/c1-9-16-65-108-62-43-52-53-42-55(77)54-41-51(92)25-27-73(54,4)75(53,78)60(93)44-74(52,5)76(62,109-65)61(94)45-84-72(101)107-46-49-21-23-50(24-22-49)85-69(98)57(18-15-29-83-71(80)100)86-70(99)66(48(2)3)87-68(97)56(79)17-13-14-28-81-64(96)47-106-59-20-12-10-11-19-58-67(59)88-89-90(58)31-34-103-36-38-105-40-39-104-37-35-102-33-26-63(95)82-30-32-91(6,7)8;/h21-25,27,41,48,52-53,55-57,59-60,62,65-66,93H,9-20,26,28-40,42-47,79H2,1-8H3,(H8-,80,81,82,83,84,85,86,87,95,96,97,98,99,100,101);1H/t52-,53-,55-,56+,57-,59?,60-,62+,65?,66-,73-,74-,75-,76+;/m0./s1. The van der Waals surface area contributed by atoms with Crippen LogP contribution in [0.4, 0.5) is 24.1 Å². The SMILES string of the molecule is CCCC1O[C@@H]2C[C@H]3[C@@H]4C[C@H](F)C5=CC(=O)C=C[C@]5(C)[C@@]4(F)[C@@H](O)C[C@]3(C)[C@]2(C(=O)CNC(=O)OCc2ccc(NC(=O)[C@H](CCCNC(N)=O)NC(=O)[C@@H](NC(=O)[C@H](N)CCCCNC(=O)COC3CCCCCc4c3nnn4CCOCCOCCOCCOCCC(=O)NCC[N+](C)(C)C)C(C)C)cc2)O1.[Cl-]. The Hall–Kier alpha value is -7.18. The van der Waals surface area contributed by atoms with E-state index in [4.69, 9.17) is 49.4 Å². The summed E-state index contributed by atoms with van der Waals surface area (Å²) < 4.78 is 83.9. The lowest BCUT2D eigenvalue weighted by Crippen LogP contribution is -3.00. The molecule has 14 atom stereocenters. The quantitative estimate of drug-likeness (QED) is 0.0328. The maximum absolute atomic E-state index is 18.0. The van der Waals surface area contributed by atoms with Crippen molar-refractivity contribution in [3.05, 3.63) is 65.0 Å². The molecule has 1 aromatic heterocycles. The van der Waals surface area contributed by atoms with E-state index in [0.717, 1.165) is 48.5 Å². The van der Waals surface area contributed by atoms with Crippen molar-refractivity contribution < 1.29 is 112 Å². The fourth-order valence-electron chi connectivity index (χ4n) is 16.0. The van der Waals surface area contributed by atoms with Crippen LogP contribution in [-0.4, -0.2) is 245 Å². The van der Waals surface area contributed by atoms with Crippen LogP contribution in [0.5, 0.6) is 0 Å². The van der Waals surface area contributed by atoms with E-state index < -0.39 is 137 Å². The Balaban J connectivity index is 0.0000168. The maximum Gasteiger partial charge on any atom is 0.407 e. The number of nitrogens with one attached hydrogen (secondary N) is 7. The summed E-state index contributed by atoms with van der Waals surface area (Å²) in [6, 6.07) is 2.18. The molecule has 12 N–H and O–H groups in total. The molecule has 6 aliphatic rings. The van der Waals surface area contributed by atoms with Crippen molar-refractivity contribution >= 4 is 58.9 Å². The first kappa shape index (κ1) is 90.0. The summed E-state index contributed by atoms with van der Waals surface area (Å²) in [5.74, 6) is -5.51. The number of primary amides is 1. The highest BCUT2D eigenvalue weighted by molar-refractivity contribution is 6.02. The van der Waals surface area contributed by atoms with Crippen LogP contribution in [0.15, 0.2) is 48.1 Å². The number of aromatic nitrogens is 3. The number of Topliss-reactive ketones (excluding diaryl/α,β-unsaturated/α-hetero) is 1. The molecule has 0 spiro atoms. The minimum absolute atomic E-state index is 0. The summed E-state index contributed by atoms with van der Waals surface area (Å²) in [6.07, 6.45) is 3.89. The number of fused-ring (bicyclic) bond motifs is 8. The number of aliphatic hydroxyl groups is 1. The summed E-state index contributed by atoms with van der Waals surface area (Å²) in [7, 11) is 6.22. The number of ketones is 2. The largest absolute Gasteiger partial charge is 1.00 e. The fraction of sp³-hybridized carbons (Fsp3) is 0.724. The fourth-order valence-corrected chi connectivity index (χ4v) is 16.0. The number of nitrogens with zero attached hydrogens (tertiary/aromatic N) is 4. The van der Waals surface area contributed by atoms with Crippen molar-refractivity contribution in [3.8, 4) is 0 Å². The number of rotatable bonds is 44. The number of amides is 8. The first-order chi connectivity index (χ1) is 51.9. The van der Waals surface area contributed by atoms with E-state index in [-0.39, 0.29) is 88.1 Å². The number of quaternary nitrogens is 1. The number of ether oxygens (including phenoxy) is 8. The molecule has 1 saturated heterocycles. The van der Waals surface area contributed by atoms with E-state index in [1.807, 2.05) is 11.6 Å². The summed E-state index contributed by atoms with van der Waals surface area (Å²) in [5.41, 5.74) is 7.02. The number of alkyl carbamates (subject to hydrolysis) is 1. The minimum Gasteiger partial charge on any atom is -1.00 e. The molecule has 34 heteroatoms. The van der Waals surface area contributed by atoms with Gasteiger partial charge in [-0.05, 0) is 131 Å². The normalized spacial score (nSPS) is 26.1. The first-order valence-electron chi connectivity index (χ1n) is 38.7. The van der Waals surface area contributed by atoms with Gasteiger partial charge in [0.15, 0.2) is 29.1 Å². The molecule has 31 nitrogen and oxygen atoms in total. The van der Waals surface area contributed by atoms with E-state index in [2.05, 4.69) is 68.7 Å². The molecule has 5 aliphatic carbocycles. The van der Waals surface area contributed by atoms with Crippen molar-refractivity contribution in [1.82, 2.24) is 46.9 Å². The van der Waals surface area contributed by atoms with Crippen LogP contribution >= 0.6 is 0 Å². The van der Waals surface area contributed by atoms with Gasteiger partial charge in [-0.2, -0.15) is 0 Å². The molecule has 2 unspecified atom stereocenters. The molecule has 110 heavy (non-hydrogen) atoms. The highest BCUT2D eigenvalue weighted by Crippen LogP contribution is 2.72. The Bertz CT molecular complexity index is 3480. The topological polar surface area (TPSA) is 415 Å². The van der Waals surface area contributed by atoms with Crippen LogP contribution in [0.25, 0.3) is 0 Å². The second-order valence-electron chi connectivity index (χ2n) is 31.1. The molecule has 8 rings (SSSR count). The third-order valence-corrected chi connectivity index (χ3v) is 21.9. The number of likely N-dealkylation sites (N-methyl/N-ethyl adjacent to an activating group) is 1. The van der Waals surface area contributed by atoms with Gasteiger partial charge in [-0.3, -0.25) is 33.6 Å². The number of benzene rings is 1. The van der Waals surface area contributed by atoms with Crippen molar-refractivity contribution in [2.75, 3.05) is 119 Å². The molecular weight excluding hydrogens is 1460 g/mol. The van der Waals surface area contributed by atoms with Gasteiger partial charge < -0.3 is 109 Å². The summed E-state index contributed by atoms with van der Waals surface area (Å²) in [5, 5.41) is 39.9.